The van der Waals surface area contributed by atoms with Crippen LogP contribution in [0.1, 0.15) is 10.4 Å². The molecule has 0 N–H and O–H groups in total. The Morgan fingerprint density at radius 3 is 2.42 bits per heavy atom. The molecule has 0 saturated carbocycles. The van der Waals surface area contributed by atoms with Gasteiger partial charge in [0.1, 0.15) is 0 Å². The Hall–Kier alpha value is 0.00143. The standard InChI is InChI=1S/C9H8O2.Ba.2H/c1-2-11-9(10)8-6-4-3-5-7-8;;;/h2-7H,1H2;;;. The Kier molecular flexibility index (Phi) is 6.51. The van der Waals surface area contributed by atoms with Crippen LogP contribution in [0.4, 0.5) is 0 Å². The van der Waals surface area contributed by atoms with Crippen molar-refractivity contribution in [2.24, 2.45) is 0 Å². The zero-order valence-electron chi connectivity index (χ0n) is 5.99. The second-order valence-electron chi connectivity index (χ2n) is 1.94. The van der Waals surface area contributed by atoms with Crippen LogP contribution in [-0.4, -0.2) is 54.9 Å². The number of hydrogen-bond acceptors (Lipinski definition) is 2. The molecule has 0 heterocycles. The van der Waals surface area contributed by atoms with E-state index in [-0.39, 0.29) is 54.9 Å². The molecule has 1 aromatic carbocycles. The van der Waals surface area contributed by atoms with Crippen molar-refractivity contribution in [2.75, 3.05) is 0 Å². The molecular weight excluding hydrogens is 277 g/mol. The maximum atomic E-state index is 11.0. The molecule has 3 heteroatoms. The van der Waals surface area contributed by atoms with Gasteiger partial charge in [0.2, 0.25) is 0 Å². The molecule has 2 nitrogen and oxygen atoms in total. The van der Waals surface area contributed by atoms with Gasteiger partial charge in [0.15, 0.2) is 0 Å². The van der Waals surface area contributed by atoms with E-state index in [2.05, 4.69) is 11.3 Å². The van der Waals surface area contributed by atoms with Gasteiger partial charge < -0.3 is 4.74 Å². The van der Waals surface area contributed by atoms with E-state index >= 15 is 0 Å². The minimum atomic E-state index is -0.374. The molecule has 0 aliphatic carbocycles. The van der Waals surface area contributed by atoms with Gasteiger partial charge in [-0.3, -0.25) is 0 Å². The molecule has 0 amide bonds. The summed E-state index contributed by atoms with van der Waals surface area (Å²) in [6.45, 7) is 3.28. The second-order valence-corrected chi connectivity index (χ2v) is 1.94. The zero-order chi connectivity index (χ0) is 8.10. The molecule has 0 radical (unpaired) electrons. The van der Waals surface area contributed by atoms with E-state index in [1.54, 1.807) is 24.3 Å². The van der Waals surface area contributed by atoms with Gasteiger partial charge in [-0.05, 0) is 12.1 Å². The average molecular weight is 288 g/mol. The van der Waals surface area contributed by atoms with Gasteiger partial charge in [0.05, 0.1) is 11.8 Å². The number of rotatable bonds is 2. The molecular formula is C9H10BaO2. The van der Waals surface area contributed by atoms with E-state index < -0.39 is 0 Å². The molecule has 0 aromatic heterocycles. The summed E-state index contributed by atoms with van der Waals surface area (Å²) in [7, 11) is 0. The summed E-state index contributed by atoms with van der Waals surface area (Å²) < 4.78 is 4.55. The number of benzene rings is 1. The van der Waals surface area contributed by atoms with E-state index in [9.17, 15) is 4.79 Å². The molecule has 60 valence electrons. The Labute approximate surface area is 112 Å². The number of ether oxygens (including phenoxy) is 1. The van der Waals surface area contributed by atoms with Crippen LogP contribution in [0, 0.1) is 0 Å². The topological polar surface area (TPSA) is 26.3 Å². The van der Waals surface area contributed by atoms with Crippen molar-refractivity contribution in [3.8, 4) is 0 Å². The molecule has 0 spiro atoms. The van der Waals surface area contributed by atoms with Gasteiger partial charge >= 0.3 is 54.9 Å². The predicted octanol–water partition coefficient (Wildman–Crippen LogP) is 1.07. The molecule has 0 bridgehead atoms. The predicted molar refractivity (Wildman–Crippen MR) is 50.6 cm³/mol. The SMILES string of the molecule is C=COC(=O)c1ccccc1.[BaH2]. The van der Waals surface area contributed by atoms with E-state index in [0.29, 0.717) is 5.56 Å². The van der Waals surface area contributed by atoms with E-state index in [1.165, 1.54) is 0 Å². The van der Waals surface area contributed by atoms with Crippen LogP contribution in [0.25, 0.3) is 0 Å². The normalized spacial score (nSPS) is 8.00. The van der Waals surface area contributed by atoms with Crippen LogP contribution in [-0.2, 0) is 4.74 Å². The summed E-state index contributed by atoms with van der Waals surface area (Å²) in [4.78, 5) is 11.0. The Morgan fingerprint density at radius 2 is 1.92 bits per heavy atom. The van der Waals surface area contributed by atoms with Crippen molar-refractivity contribution in [3.05, 3.63) is 48.7 Å². The van der Waals surface area contributed by atoms with Crippen molar-refractivity contribution in [3.63, 3.8) is 0 Å². The first-order chi connectivity index (χ1) is 5.34. The third-order valence-corrected chi connectivity index (χ3v) is 1.20. The third-order valence-electron chi connectivity index (χ3n) is 1.20. The summed E-state index contributed by atoms with van der Waals surface area (Å²) in [5.41, 5.74) is 0.535. The number of esters is 1. The fourth-order valence-electron chi connectivity index (χ4n) is 0.718. The summed E-state index contributed by atoms with van der Waals surface area (Å²) in [5, 5.41) is 0. The zero-order valence-corrected chi connectivity index (χ0v) is 5.99. The van der Waals surface area contributed by atoms with Crippen LogP contribution in [0.5, 0.6) is 0 Å². The fourth-order valence-corrected chi connectivity index (χ4v) is 0.718. The number of carbonyl (C=O) groups excluding carboxylic acids is 1. The monoisotopic (exact) mass is 288 g/mol. The number of carbonyl (C=O) groups is 1. The quantitative estimate of drug-likeness (QED) is 0.462. The Morgan fingerprint density at radius 1 is 1.33 bits per heavy atom. The van der Waals surface area contributed by atoms with Crippen molar-refractivity contribution < 1.29 is 9.53 Å². The van der Waals surface area contributed by atoms with Gasteiger partial charge in [-0.2, -0.15) is 0 Å². The Bertz CT molecular complexity index is 256. The van der Waals surface area contributed by atoms with Crippen molar-refractivity contribution in [1.29, 1.82) is 0 Å². The third kappa shape index (κ3) is 3.60. The first kappa shape index (κ1) is 12.0. The van der Waals surface area contributed by atoms with Crippen LogP contribution >= 0.6 is 0 Å². The average Bonchev–Trinajstić information content (AvgIpc) is 2.07. The van der Waals surface area contributed by atoms with Crippen LogP contribution in [0.2, 0.25) is 0 Å². The van der Waals surface area contributed by atoms with Crippen LogP contribution in [0.3, 0.4) is 0 Å². The molecule has 12 heavy (non-hydrogen) atoms. The first-order valence-corrected chi connectivity index (χ1v) is 3.21. The van der Waals surface area contributed by atoms with Gasteiger partial charge in [-0.1, -0.05) is 24.8 Å². The summed E-state index contributed by atoms with van der Waals surface area (Å²) in [5.74, 6) is -0.374. The van der Waals surface area contributed by atoms with Gasteiger partial charge in [-0.25, -0.2) is 4.79 Å². The van der Waals surface area contributed by atoms with Gasteiger partial charge in [0, 0.05) is 0 Å². The molecule has 0 unspecified atom stereocenters. The molecule has 0 atom stereocenters. The van der Waals surface area contributed by atoms with Crippen LogP contribution < -0.4 is 0 Å². The maximum absolute atomic E-state index is 11.0. The second kappa shape index (κ2) is 6.51. The molecule has 0 aliphatic rings. The fraction of sp³-hybridized carbons (Fsp3) is 0. The molecule has 0 saturated heterocycles. The van der Waals surface area contributed by atoms with Crippen molar-refractivity contribution in [1.82, 2.24) is 0 Å². The minimum absolute atomic E-state index is 0. The van der Waals surface area contributed by atoms with Gasteiger partial charge in [0.25, 0.3) is 0 Å². The summed E-state index contributed by atoms with van der Waals surface area (Å²) >= 11 is 0. The van der Waals surface area contributed by atoms with Crippen LogP contribution in [0.15, 0.2) is 43.2 Å². The first-order valence-electron chi connectivity index (χ1n) is 3.21. The van der Waals surface area contributed by atoms with E-state index in [1.807, 2.05) is 6.07 Å². The summed E-state index contributed by atoms with van der Waals surface area (Å²) in [6.07, 6.45) is 1.12. The molecule has 1 aromatic rings. The molecule has 1 rings (SSSR count). The molecule has 0 fully saturated rings. The van der Waals surface area contributed by atoms with Crippen molar-refractivity contribution >= 4 is 54.9 Å². The van der Waals surface area contributed by atoms with Gasteiger partial charge in [-0.15, -0.1) is 0 Å². The number of hydrogen-bond donors (Lipinski definition) is 0. The van der Waals surface area contributed by atoms with E-state index in [0.717, 1.165) is 6.26 Å². The van der Waals surface area contributed by atoms with Crippen molar-refractivity contribution in [2.45, 2.75) is 0 Å². The van der Waals surface area contributed by atoms with E-state index in [4.69, 9.17) is 0 Å². The summed E-state index contributed by atoms with van der Waals surface area (Å²) in [6, 6.07) is 8.77. The molecule has 0 aliphatic heterocycles. The Balaban J connectivity index is 0.00000121.